The number of rotatable bonds is 4. The van der Waals surface area contributed by atoms with Crippen LogP contribution in [0.5, 0.6) is 5.75 Å². The number of amides is 1. The number of nitrogens with zero attached hydrogens (tertiary/aromatic N) is 5. The first-order valence-corrected chi connectivity index (χ1v) is 12.6. The molecule has 2 aromatic heterocycles. The molecule has 8 heteroatoms. The van der Waals surface area contributed by atoms with E-state index in [0.29, 0.717) is 13.1 Å². The van der Waals surface area contributed by atoms with Gasteiger partial charge in [-0.1, -0.05) is 0 Å². The van der Waals surface area contributed by atoms with Crippen molar-refractivity contribution in [2.45, 2.75) is 33.1 Å². The van der Waals surface area contributed by atoms with Crippen LogP contribution in [0.25, 0.3) is 10.2 Å². The van der Waals surface area contributed by atoms with E-state index in [1.54, 1.807) is 7.11 Å². The maximum atomic E-state index is 13.5. The topological polar surface area (TPSA) is 61.8 Å². The molecule has 4 heterocycles. The van der Waals surface area contributed by atoms with Crippen molar-refractivity contribution in [3.05, 3.63) is 40.5 Å². The first-order valence-electron chi connectivity index (χ1n) is 11.8. The molecule has 0 unspecified atom stereocenters. The predicted molar refractivity (Wildman–Crippen MR) is 134 cm³/mol. The summed E-state index contributed by atoms with van der Waals surface area (Å²) in [6.45, 7) is 9.12. The monoisotopic (exact) mass is 465 g/mol. The highest BCUT2D eigenvalue weighted by Gasteiger charge is 2.28. The molecule has 2 aliphatic heterocycles. The second kappa shape index (κ2) is 9.17. The van der Waals surface area contributed by atoms with Crippen molar-refractivity contribution in [1.29, 1.82) is 0 Å². The van der Waals surface area contributed by atoms with E-state index in [2.05, 4.69) is 28.9 Å². The quantitative estimate of drug-likeness (QED) is 0.574. The molecule has 0 saturated carbocycles. The van der Waals surface area contributed by atoms with Crippen LogP contribution in [0.15, 0.2) is 24.3 Å². The minimum Gasteiger partial charge on any atom is -0.497 e. The Labute approximate surface area is 199 Å². The molecule has 174 valence electrons. The Morgan fingerprint density at radius 2 is 1.61 bits per heavy atom. The van der Waals surface area contributed by atoms with Crippen molar-refractivity contribution in [3.8, 4) is 5.75 Å². The highest BCUT2D eigenvalue weighted by atomic mass is 32.1. The minimum atomic E-state index is 0.118. The number of hydrogen-bond donors (Lipinski definition) is 0. The number of benzene rings is 1. The Bertz CT molecular complexity index is 1150. The number of aromatic nitrogens is 2. The SMILES string of the molecule is COc1ccc(N2CCN(C(=O)c3sc4nc(C)nc(N5CCCCC5)c4c3C)CC2)cc1. The summed E-state index contributed by atoms with van der Waals surface area (Å²) in [5.41, 5.74) is 2.19. The standard InChI is InChI=1S/C25H31N5O2S/c1-17-21-23(29-11-5-4-6-12-29)26-18(2)27-24(21)33-22(17)25(31)30-15-13-28(14-16-30)19-7-9-20(32-3)10-8-19/h7-10H,4-6,11-16H2,1-3H3. The molecule has 2 saturated heterocycles. The lowest BCUT2D eigenvalue weighted by atomic mass is 10.1. The van der Waals surface area contributed by atoms with Gasteiger partial charge in [0.1, 0.15) is 22.2 Å². The van der Waals surface area contributed by atoms with E-state index in [-0.39, 0.29) is 5.91 Å². The molecule has 0 atom stereocenters. The lowest BCUT2D eigenvalue weighted by molar-refractivity contribution is 0.0751. The van der Waals surface area contributed by atoms with E-state index in [1.165, 1.54) is 30.6 Å². The Balaban J connectivity index is 1.36. The van der Waals surface area contributed by atoms with Gasteiger partial charge in [-0.3, -0.25) is 4.79 Å². The molecule has 2 fully saturated rings. The predicted octanol–water partition coefficient (Wildman–Crippen LogP) is 4.27. The number of fused-ring (bicyclic) bond motifs is 1. The zero-order valence-electron chi connectivity index (χ0n) is 19.6. The van der Waals surface area contributed by atoms with Crippen LogP contribution in [-0.2, 0) is 0 Å². The van der Waals surface area contributed by atoms with Gasteiger partial charge in [0.15, 0.2) is 0 Å². The van der Waals surface area contributed by atoms with Crippen molar-refractivity contribution < 1.29 is 9.53 Å². The maximum Gasteiger partial charge on any atom is 0.264 e. The zero-order valence-corrected chi connectivity index (χ0v) is 20.5. The molecular formula is C25H31N5O2S. The van der Waals surface area contributed by atoms with E-state index in [9.17, 15) is 4.79 Å². The van der Waals surface area contributed by atoms with Crippen molar-refractivity contribution in [1.82, 2.24) is 14.9 Å². The van der Waals surface area contributed by atoms with Crippen LogP contribution in [0.2, 0.25) is 0 Å². The Hall–Kier alpha value is -2.87. The molecule has 0 N–H and O–H groups in total. The largest absolute Gasteiger partial charge is 0.497 e. The number of carbonyl (C=O) groups excluding carboxylic acids is 1. The normalized spacial score (nSPS) is 17.0. The summed E-state index contributed by atoms with van der Waals surface area (Å²) < 4.78 is 5.26. The summed E-state index contributed by atoms with van der Waals surface area (Å²) in [4.78, 5) is 31.5. The molecule has 1 amide bonds. The fourth-order valence-corrected chi connectivity index (χ4v) is 6.05. The molecule has 7 nitrogen and oxygen atoms in total. The molecule has 33 heavy (non-hydrogen) atoms. The number of aryl methyl sites for hydroxylation is 2. The third-order valence-electron chi connectivity index (χ3n) is 6.74. The zero-order chi connectivity index (χ0) is 22.9. The number of hydrogen-bond acceptors (Lipinski definition) is 7. The second-order valence-corrected chi connectivity index (χ2v) is 9.85. The average Bonchev–Trinajstić information content (AvgIpc) is 3.19. The highest BCUT2D eigenvalue weighted by molar-refractivity contribution is 7.20. The van der Waals surface area contributed by atoms with E-state index in [0.717, 1.165) is 69.9 Å². The van der Waals surface area contributed by atoms with Gasteiger partial charge in [0.05, 0.1) is 17.4 Å². The van der Waals surface area contributed by atoms with E-state index >= 15 is 0 Å². The van der Waals surface area contributed by atoms with Crippen LogP contribution in [-0.4, -0.2) is 67.2 Å². The summed E-state index contributed by atoms with van der Waals surface area (Å²) in [5, 5.41) is 1.06. The summed E-state index contributed by atoms with van der Waals surface area (Å²) in [6, 6.07) is 8.12. The maximum absolute atomic E-state index is 13.5. The smallest absolute Gasteiger partial charge is 0.264 e. The van der Waals surface area contributed by atoms with Gasteiger partial charge in [0, 0.05) is 45.0 Å². The lowest BCUT2D eigenvalue weighted by Crippen LogP contribution is -2.48. The molecule has 0 aliphatic carbocycles. The molecular weight excluding hydrogens is 434 g/mol. The number of methoxy groups -OCH3 is 1. The number of piperidine rings is 1. The van der Waals surface area contributed by atoms with Crippen molar-refractivity contribution >= 4 is 39.0 Å². The van der Waals surface area contributed by atoms with Crippen LogP contribution in [0, 0.1) is 13.8 Å². The van der Waals surface area contributed by atoms with Crippen LogP contribution in [0.1, 0.15) is 40.3 Å². The van der Waals surface area contributed by atoms with Gasteiger partial charge in [-0.2, -0.15) is 0 Å². The fourth-order valence-electron chi connectivity index (χ4n) is 4.86. The number of piperazine rings is 1. The van der Waals surface area contributed by atoms with Crippen LogP contribution in [0.3, 0.4) is 0 Å². The Kier molecular flexibility index (Phi) is 6.10. The number of anilines is 2. The first-order chi connectivity index (χ1) is 16.0. The van der Waals surface area contributed by atoms with Crippen LogP contribution in [0.4, 0.5) is 11.5 Å². The molecule has 1 aromatic carbocycles. The Morgan fingerprint density at radius 3 is 2.27 bits per heavy atom. The van der Waals surface area contributed by atoms with E-state index in [4.69, 9.17) is 14.7 Å². The lowest BCUT2D eigenvalue weighted by Gasteiger charge is -2.36. The summed E-state index contributed by atoms with van der Waals surface area (Å²) in [7, 11) is 1.68. The highest BCUT2D eigenvalue weighted by Crippen LogP contribution is 2.37. The molecule has 2 aliphatic rings. The van der Waals surface area contributed by atoms with Crippen molar-refractivity contribution in [2.75, 3.05) is 56.2 Å². The number of thiophene rings is 1. The summed E-state index contributed by atoms with van der Waals surface area (Å²) in [5.74, 6) is 2.76. The third kappa shape index (κ3) is 4.24. The van der Waals surface area contributed by atoms with Crippen LogP contribution >= 0.6 is 11.3 Å². The molecule has 0 spiro atoms. The van der Waals surface area contributed by atoms with Gasteiger partial charge in [-0.05, 0) is 62.9 Å². The van der Waals surface area contributed by atoms with Crippen LogP contribution < -0.4 is 14.5 Å². The van der Waals surface area contributed by atoms with Gasteiger partial charge in [0.2, 0.25) is 0 Å². The van der Waals surface area contributed by atoms with Crippen molar-refractivity contribution in [3.63, 3.8) is 0 Å². The van der Waals surface area contributed by atoms with Gasteiger partial charge >= 0.3 is 0 Å². The Morgan fingerprint density at radius 1 is 0.909 bits per heavy atom. The van der Waals surface area contributed by atoms with E-state index in [1.807, 2.05) is 24.0 Å². The molecule has 0 bridgehead atoms. The number of ether oxygens (including phenoxy) is 1. The molecule has 3 aromatic rings. The second-order valence-electron chi connectivity index (χ2n) is 8.86. The minimum absolute atomic E-state index is 0.118. The molecule has 0 radical (unpaired) electrons. The van der Waals surface area contributed by atoms with Gasteiger partial charge in [-0.25, -0.2) is 9.97 Å². The molecule has 5 rings (SSSR count). The number of carbonyl (C=O) groups is 1. The van der Waals surface area contributed by atoms with Gasteiger partial charge in [-0.15, -0.1) is 11.3 Å². The van der Waals surface area contributed by atoms with Gasteiger partial charge < -0.3 is 19.4 Å². The summed E-state index contributed by atoms with van der Waals surface area (Å²) in [6.07, 6.45) is 3.66. The third-order valence-corrected chi connectivity index (χ3v) is 7.91. The average molecular weight is 466 g/mol. The van der Waals surface area contributed by atoms with Gasteiger partial charge in [0.25, 0.3) is 5.91 Å². The fraction of sp³-hybridized carbons (Fsp3) is 0.480. The summed E-state index contributed by atoms with van der Waals surface area (Å²) >= 11 is 1.52. The first kappa shape index (κ1) is 21.9. The van der Waals surface area contributed by atoms with E-state index < -0.39 is 0 Å². The van der Waals surface area contributed by atoms with Crippen molar-refractivity contribution in [2.24, 2.45) is 0 Å².